The molecule has 3 aromatic carbocycles. The van der Waals surface area contributed by atoms with Crippen LogP contribution in [-0.2, 0) is 12.8 Å². The monoisotopic (exact) mass is 573 g/mol. The summed E-state index contributed by atoms with van der Waals surface area (Å²) < 4.78 is 18.5. The molecule has 2 heterocycles. The van der Waals surface area contributed by atoms with E-state index in [0.29, 0.717) is 58.7 Å². The van der Waals surface area contributed by atoms with Gasteiger partial charge in [-0.3, -0.25) is 9.59 Å². The van der Waals surface area contributed by atoms with Crippen molar-refractivity contribution in [3.63, 3.8) is 0 Å². The van der Waals surface area contributed by atoms with Gasteiger partial charge in [-0.05, 0) is 75.0 Å². The largest absolute Gasteiger partial charge is 0.492 e. The predicted octanol–water partition coefficient (Wildman–Crippen LogP) is 4.31. The number of likely N-dealkylation sites (N-methyl/N-ethyl adjacent to an activating group) is 1. The van der Waals surface area contributed by atoms with Crippen LogP contribution in [0.2, 0.25) is 5.02 Å². The number of aromatic nitrogens is 2. The zero-order chi connectivity index (χ0) is 28.7. The minimum atomic E-state index is -0.601. The number of aryl methyl sites for hydroxylation is 1. The quantitative estimate of drug-likeness (QED) is 0.322. The molecule has 0 bridgehead atoms. The van der Waals surface area contributed by atoms with E-state index < -0.39 is 5.91 Å². The highest BCUT2D eigenvalue weighted by atomic mass is 35.5. The third kappa shape index (κ3) is 5.19. The Morgan fingerprint density at radius 2 is 1.90 bits per heavy atom. The summed E-state index contributed by atoms with van der Waals surface area (Å²) >= 11 is 6.39. The first kappa shape index (κ1) is 26.7. The maximum Gasteiger partial charge on any atom is 0.269 e. The van der Waals surface area contributed by atoms with Gasteiger partial charge in [-0.2, -0.15) is 5.10 Å². The number of hydrogen-bond donors (Lipinski definition) is 2. The zero-order valence-electron chi connectivity index (χ0n) is 22.6. The van der Waals surface area contributed by atoms with E-state index in [-0.39, 0.29) is 18.4 Å². The van der Waals surface area contributed by atoms with E-state index in [1.54, 1.807) is 28.9 Å². The first-order valence-electron chi connectivity index (χ1n) is 13.1. The number of carbonyl (C=O) groups is 2. The predicted molar refractivity (Wildman–Crippen MR) is 155 cm³/mol. The molecule has 1 aromatic heterocycles. The fraction of sp³-hybridized carbons (Fsp3) is 0.233. The Morgan fingerprint density at radius 1 is 1.07 bits per heavy atom. The standard InChI is InChI=1S/C30H28ClN5O5/c1-35(2)11-12-39-20-7-9-24(31)23(15-20)30(38)33-18-5-3-17-4-8-21-27(29(32)37)34-36(28(21)22(17)13-18)19-6-10-25-26(14-19)41-16-40-25/h3,5-7,9-10,13-15H,4,8,11-12,16H2,1-2H3,(H2,32,37)(H,33,38). The number of amides is 2. The van der Waals surface area contributed by atoms with E-state index in [4.69, 9.17) is 31.5 Å². The molecular weight excluding hydrogens is 546 g/mol. The van der Waals surface area contributed by atoms with Crippen molar-refractivity contribution in [1.82, 2.24) is 14.7 Å². The highest BCUT2D eigenvalue weighted by molar-refractivity contribution is 6.34. The number of benzene rings is 3. The van der Waals surface area contributed by atoms with Crippen LogP contribution in [0, 0.1) is 0 Å². The summed E-state index contributed by atoms with van der Waals surface area (Å²) in [5.41, 5.74) is 10.9. The molecule has 0 saturated carbocycles. The smallest absolute Gasteiger partial charge is 0.269 e. The van der Waals surface area contributed by atoms with Crippen molar-refractivity contribution in [3.05, 3.63) is 82.0 Å². The lowest BCUT2D eigenvalue weighted by molar-refractivity contribution is 0.0992. The number of anilines is 1. The van der Waals surface area contributed by atoms with E-state index in [9.17, 15) is 9.59 Å². The fourth-order valence-corrected chi connectivity index (χ4v) is 5.23. The lowest BCUT2D eigenvalue weighted by Crippen LogP contribution is -2.19. The number of hydrogen-bond acceptors (Lipinski definition) is 7. The van der Waals surface area contributed by atoms with Gasteiger partial charge in [-0.15, -0.1) is 0 Å². The molecule has 11 heteroatoms. The summed E-state index contributed by atoms with van der Waals surface area (Å²) in [5.74, 6) is 0.820. The van der Waals surface area contributed by atoms with Crippen molar-refractivity contribution >= 4 is 29.1 Å². The van der Waals surface area contributed by atoms with Crippen LogP contribution in [0.25, 0.3) is 16.9 Å². The van der Waals surface area contributed by atoms with Crippen LogP contribution in [0.1, 0.15) is 32.0 Å². The SMILES string of the molecule is CN(C)CCOc1ccc(Cl)c(C(=O)Nc2ccc3c(c2)-c2c(c(C(N)=O)nn2-c2ccc4c(c2)OCO4)CC3)c1. The third-order valence-corrected chi connectivity index (χ3v) is 7.40. The van der Waals surface area contributed by atoms with Gasteiger partial charge in [0.1, 0.15) is 12.4 Å². The molecule has 0 fully saturated rings. The molecule has 0 saturated heterocycles. The second-order valence-corrected chi connectivity index (χ2v) is 10.5. The summed E-state index contributed by atoms with van der Waals surface area (Å²) in [7, 11) is 3.92. The van der Waals surface area contributed by atoms with Gasteiger partial charge in [0.15, 0.2) is 17.2 Å². The van der Waals surface area contributed by atoms with E-state index in [2.05, 4.69) is 10.4 Å². The molecule has 2 amide bonds. The van der Waals surface area contributed by atoms with E-state index in [1.807, 2.05) is 49.3 Å². The average molecular weight is 574 g/mol. The highest BCUT2D eigenvalue weighted by Crippen LogP contribution is 2.40. The molecule has 2 aliphatic rings. The van der Waals surface area contributed by atoms with Gasteiger partial charge in [0.2, 0.25) is 6.79 Å². The number of nitrogens with two attached hydrogens (primary N) is 1. The molecule has 6 rings (SSSR count). The lowest BCUT2D eigenvalue weighted by Gasteiger charge is -2.20. The molecule has 10 nitrogen and oxygen atoms in total. The van der Waals surface area contributed by atoms with Crippen LogP contribution in [0.5, 0.6) is 17.2 Å². The van der Waals surface area contributed by atoms with E-state index in [1.165, 1.54) is 0 Å². The van der Waals surface area contributed by atoms with Crippen LogP contribution in [-0.4, -0.2) is 60.5 Å². The van der Waals surface area contributed by atoms with Gasteiger partial charge in [-0.1, -0.05) is 17.7 Å². The maximum atomic E-state index is 13.3. The number of halogens is 1. The van der Waals surface area contributed by atoms with Crippen molar-refractivity contribution in [2.24, 2.45) is 5.73 Å². The first-order valence-corrected chi connectivity index (χ1v) is 13.5. The molecule has 1 aliphatic heterocycles. The van der Waals surface area contributed by atoms with Gasteiger partial charge in [-0.25, -0.2) is 4.68 Å². The van der Waals surface area contributed by atoms with Crippen LogP contribution in [0.15, 0.2) is 54.6 Å². The highest BCUT2D eigenvalue weighted by Gasteiger charge is 2.29. The minimum Gasteiger partial charge on any atom is -0.492 e. The first-order chi connectivity index (χ1) is 19.8. The minimum absolute atomic E-state index is 0.142. The Labute approximate surface area is 241 Å². The number of carbonyl (C=O) groups excluding carboxylic acids is 2. The Bertz CT molecular complexity index is 1680. The summed E-state index contributed by atoms with van der Waals surface area (Å²) in [6.45, 7) is 1.36. The van der Waals surface area contributed by atoms with E-state index in [0.717, 1.165) is 28.9 Å². The molecule has 0 spiro atoms. The summed E-state index contributed by atoms with van der Waals surface area (Å²) in [6, 6.07) is 16.2. The summed E-state index contributed by atoms with van der Waals surface area (Å²) in [4.78, 5) is 27.7. The van der Waals surface area contributed by atoms with Crippen LogP contribution < -0.4 is 25.3 Å². The number of ether oxygens (including phenoxy) is 3. The Morgan fingerprint density at radius 3 is 2.71 bits per heavy atom. The average Bonchev–Trinajstić information content (AvgIpc) is 3.58. The molecule has 0 unspecified atom stereocenters. The van der Waals surface area contributed by atoms with Gasteiger partial charge in [0, 0.05) is 29.4 Å². The van der Waals surface area contributed by atoms with Crippen molar-refractivity contribution in [1.29, 1.82) is 0 Å². The number of fused-ring (bicyclic) bond motifs is 4. The molecule has 41 heavy (non-hydrogen) atoms. The number of nitrogens with one attached hydrogen (secondary N) is 1. The number of nitrogens with zero attached hydrogens (tertiary/aromatic N) is 3. The van der Waals surface area contributed by atoms with Gasteiger partial charge < -0.3 is 30.2 Å². The molecule has 4 aromatic rings. The van der Waals surface area contributed by atoms with Crippen molar-refractivity contribution in [2.45, 2.75) is 12.8 Å². The van der Waals surface area contributed by atoms with Crippen LogP contribution in [0.3, 0.4) is 0 Å². The number of rotatable bonds is 8. The Kier molecular flexibility index (Phi) is 7.02. The van der Waals surface area contributed by atoms with Crippen LogP contribution in [0.4, 0.5) is 5.69 Å². The van der Waals surface area contributed by atoms with Gasteiger partial charge >= 0.3 is 0 Å². The topological polar surface area (TPSA) is 121 Å². The normalized spacial score (nSPS) is 13.1. The van der Waals surface area contributed by atoms with Gasteiger partial charge in [0.05, 0.1) is 22.0 Å². The summed E-state index contributed by atoms with van der Waals surface area (Å²) in [6.07, 6.45) is 1.30. The fourth-order valence-electron chi connectivity index (χ4n) is 5.03. The summed E-state index contributed by atoms with van der Waals surface area (Å²) in [5, 5.41) is 7.88. The van der Waals surface area contributed by atoms with Crippen molar-refractivity contribution in [3.8, 4) is 34.2 Å². The van der Waals surface area contributed by atoms with Crippen molar-refractivity contribution in [2.75, 3.05) is 39.4 Å². The Balaban J connectivity index is 1.34. The molecule has 210 valence electrons. The third-order valence-electron chi connectivity index (χ3n) is 7.07. The molecule has 0 radical (unpaired) electrons. The lowest BCUT2D eigenvalue weighted by atomic mass is 9.88. The van der Waals surface area contributed by atoms with Crippen LogP contribution >= 0.6 is 11.6 Å². The zero-order valence-corrected chi connectivity index (χ0v) is 23.3. The second-order valence-electron chi connectivity index (χ2n) is 10.1. The Hall–Kier alpha value is -4.54. The molecule has 1 aliphatic carbocycles. The number of primary amides is 1. The molecule has 3 N–H and O–H groups in total. The molecule has 0 atom stereocenters. The van der Waals surface area contributed by atoms with Crippen molar-refractivity contribution < 1.29 is 23.8 Å². The van der Waals surface area contributed by atoms with Gasteiger partial charge in [0.25, 0.3) is 11.8 Å². The molecular formula is C30H28ClN5O5. The van der Waals surface area contributed by atoms with E-state index >= 15 is 0 Å². The second kappa shape index (κ2) is 10.8. The maximum absolute atomic E-state index is 13.3.